The van der Waals surface area contributed by atoms with Crippen molar-refractivity contribution in [3.8, 4) is 0 Å². The van der Waals surface area contributed by atoms with E-state index in [9.17, 15) is 4.79 Å². The van der Waals surface area contributed by atoms with Gasteiger partial charge < -0.3 is 4.74 Å². The second kappa shape index (κ2) is 5.17. The van der Waals surface area contributed by atoms with E-state index in [1.807, 2.05) is 0 Å². The Balaban J connectivity index is 2.15. The summed E-state index contributed by atoms with van der Waals surface area (Å²) in [5.41, 5.74) is -0.164. The number of hydrogen-bond acceptors (Lipinski definition) is 3. The highest BCUT2D eigenvalue weighted by Gasteiger charge is 2.49. The number of hydrogen-bond donors (Lipinski definition) is 0. The Morgan fingerprint density at radius 2 is 1.95 bits per heavy atom. The third-order valence-corrected chi connectivity index (χ3v) is 4.62. The van der Waals surface area contributed by atoms with Crippen molar-refractivity contribution in [1.29, 1.82) is 0 Å². The molecule has 0 saturated carbocycles. The summed E-state index contributed by atoms with van der Waals surface area (Å²) in [6.07, 6.45) is 5.43. The molecule has 2 unspecified atom stereocenters. The summed E-state index contributed by atoms with van der Waals surface area (Å²) in [4.78, 5) is 14.1. The molecule has 0 spiro atoms. The minimum absolute atomic E-state index is 0.0492. The minimum Gasteiger partial charge on any atom is -0.368 e. The molecule has 2 aliphatic rings. The first kappa shape index (κ1) is 15.0. The first-order valence-corrected chi connectivity index (χ1v) is 7.67. The number of nitrogens with zero attached hydrogens (tertiary/aromatic N) is 1. The van der Waals surface area contributed by atoms with Gasteiger partial charge in [-0.25, -0.2) is 0 Å². The Bertz CT molecular complexity index is 349. The van der Waals surface area contributed by atoms with Crippen molar-refractivity contribution in [2.45, 2.75) is 90.0 Å². The highest BCUT2D eigenvalue weighted by molar-refractivity contribution is 5.76. The Morgan fingerprint density at radius 3 is 2.47 bits per heavy atom. The minimum atomic E-state index is -0.115. The summed E-state index contributed by atoms with van der Waals surface area (Å²) in [5.74, 6) is 0.313. The molecular weight excluding hydrogens is 238 g/mol. The van der Waals surface area contributed by atoms with E-state index in [0.29, 0.717) is 24.3 Å². The van der Waals surface area contributed by atoms with Crippen LogP contribution in [0.25, 0.3) is 0 Å². The average Bonchev–Trinajstić information content (AvgIpc) is 2.46. The maximum Gasteiger partial charge on any atom is 0.131 e. The van der Waals surface area contributed by atoms with Crippen LogP contribution in [-0.2, 0) is 9.53 Å². The molecule has 0 amide bonds. The summed E-state index contributed by atoms with van der Waals surface area (Å²) in [7, 11) is 0. The summed E-state index contributed by atoms with van der Waals surface area (Å²) in [5, 5.41) is 0. The number of carbonyl (C=O) groups excluding carboxylic acids is 1. The molecule has 0 radical (unpaired) electrons. The fourth-order valence-corrected chi connectivity index (χ4v) is 4.03. The highest BCUT2D eigenvalue weighted by Crippen LogP contribution is 2.42. The van der Waals surface area contributed by atoms with Crippen LogP contribution in [0.3, 0.4) is 0 Å². The Morgan fingerprint density at radius 1 is 1.26 bits per heavy atom. The first-order valence-electron chi connectivity index (χ1n) is 7.67. The number of likely N-dealkylation sites (tertiary alicyclic amines) is 1. The van der Waals surface area contributed by atoms with Crippen LogP contribution >= 0.6 is 0 Å². The fraction of sp³-hybridized carbons (Fsp3) is 0.938. The normalized spacial score (nSPS) is 34.4. The van der Waals surface area contributed by atoms with Crippen molar-refractivity contribution in [3.63, 3.8) is 0 Å². The standard InChI is InChI=1S/C16H29NO2/c1-12(18)10-13-8-6-7-9-17(13)14-11-15(2,3)19-16(14,4)5/h13-14H,6-11H2,1-5H3. The van der Waals surface area contributed by atoms with Gasteiger partial charge in [0.25, 0.3) is 0 Å². The second-order valence-electron chi connectivity index (χ2n) is 7.48. The molecule has 0 bridgehead atoms. The summed E-state index contributed by atoms with van der Waals surface area (Å²) in [6.45, 7) is 11.6. The molecule has 0 aromatic carbocycles. The second-order valence-corrected chi connectivity index (χ2v) is 7.48. The van der Waals surface area contributed by atoms with Gasteiger partial charge in [0.1, 0.15) is 5.78 Å². The molecule has 3 heteroatoms. The molecule has 2 aliphatic heterocycles. The van der Waals surface area contributed by atoms with E-state index in [1.54, 1.807) is 6.92 Å². The van der Waals surface area contributed by atoms with Crippen LogP contribution in [0.5, 0.6) is 0 Å². The zero-order valence-corrected chi connectivity index (χ0v) is 13.2. The Kier molecular flexibility index (Phi) is 4.08. The molecule has 0 aromatic rings. The van der Waals surface area contributed by atoms with Gasteiger partial charge in [-0.15, -0.1) is 0 Å². The smallest absolute Gasteiger partial charge is 0.131 e. The third kappa shape index (κ3) is 3.38. The van der Waals surface area contributed by atoms with Gasteiger partial charge in [0, 0.05) is 18.5 Å². The predicted octanol–water partition coefficient (Wildman–Crippen LogP) is 3.17. The third-order valence-electron chi connectivity index (χ3n) is 4.62. The van der Waals surface area contributed by atoms with Crippen LogP contribution in [-0.4, -0.2) is 40.5 Å². The van der Waals surface area contributed by atoms with Gasteiger partial charge >= 0.3 is 0 Å². The maximum absolute atomic E-state index is 11.5. The van der Waals surface area contributed by atoms with Crippen LogP contribution in [0, 0.1) is 0 Å². The van der Waals surface area contributed by atoms with E-state index in [1.165, 1.54) is 12.8 Å². The van der Waals surface area contributed by atoms with Gasteiger partial charge in [0.05, 0.1) is 11.2 Å². The van der Waals surface area contributed by atoms with Crippen molar-refractivity contribution >= 4 is 5.78 Å². The first-order chi connectivity index (χ1) is 8.71. The van der Waals surface area contributed by atoms with Gasteiger partial charge in [0.15, 0.2) is 0 Å². The lowest BCUT2D eigenvalue weighted by molar-refractivity contribution is -0.120. The van der Waals surface area contributed by atoms with Gasteiger partial charge in [-0.05, 0) is 60.4 Å². The Labute approximate surface area is 117 Å². The van der Waals surface area contributed by atoms with Crippen LogP contribution in [0.15, 0.2) is 0 Å². The van der Waals surface area contributed by atoms with Gasteiger partial charge in [0.2, 0.25) is 0 Å². The largest absolute Gasteiger partial charge is 0.368 e. The molecule has 2 atom stereocenters. The van der Waals surface area contributed by atoms with Gasteiger partial charge in [-0.1, -0.05) is 6.42 Å². The molecule has 19 heavy (non-hydrogen) atoms. The molecule has 110 valence electrons. The van der Waals surface area contributed by atoms with Crippen LogP contribution in [0.4, 0.5) is 0 Å². The highest BCUT2D eigenvalue weighted by atomic mass is 16.5. The monoisotopic (exact) mass is 267 g/mol. The lowest BCUT2D eigenvalue weighted by Crippen LogP contribution is -2.53. The van der Waals surface area contributed by atoms with Crippen molar-refractivity contribution in [3.05, 3.63) is 0 Å². The molecule has 2 saturated heterocycles. The molecule has 0 aliphatic carbocycles. The van der Waals surface area contributed by atoms with E-state index in [2.05, 4.69) is 32.6 Å². The molecule has 2 rings (SSSR count). The van der Waals surface area contributed by atoms with Crippen LogP contribution in [0.2, 0.25) is 0 Å². The van der Waals surface area contributed by atoms with E-state index < -0.39 is 0 Å². The molecule has 2 heterocycles. The summed E-state index contributed by atoms with van der Waals surface area (Å²) >= 11 is 0. The molecule has 3 nitrogen and oxygen atoms in total. The maximum atomic E-state index is 11.5. The van der Waals surface area contributed by atoms with Crippen molar-refractivity contribution in [2.24, 2.45) is 0 Å². The predicted molar refractivity (Wildman–Crippen MR) is 77.3 cm³/mol. The van der Waals surface area contributed by atoms with E-state index >= 15 is 0 Å². The quantitative estimate of drug-likeness (QED) is 0.786. The summed E-state index contributed by atoms with van der Waals surface area (Å²) in [6, 6.07) is 0.861. The van der Waals surface area contributed by atoms with Crippen LogP contribution in [0.1, 0.15) is 66.7 Å². The fourth-order valence-electron chi connectivity index (χ4n) is 4.03. The van der Waals surface area contributed by atoms with Gasteiger partial charge in [-0.3, -0.25) is 9.69 Å². The molecule has 0 N–H and O–H groups in total. The number of rotatable bonds is 3. The van der Waals surface area contributed by atoms with Crippen molar-refractivity contribution < 1.29 is 9.53 Å². The van der Waals surface area contributed by atoms with Gasteiger partial charge in [-0.2, -0.15) is 0 Å². The van der Waals surface area contributed by atoms with Crippen molar-refractivity contribution in [1.82, 2.24) is 4.90 Å². The lowest BCUT2D eigenvalue weighted by Gasteiger charge is -2.43. The number of ether oxygens (including phenoxy) is 1. The lowest BCUT2D eigenvalue weighted by atomic mass is 9.87. The zero-order valence-electron chi connectivity index (χ0n) is 13.2. The molecule has 2 fully saturated rings. The molecule has 0 aromatic heterocycles. The number of Topliss-reactive ketones (excluding diaryl/α,β-unsaturated/α-hetero) is 1. The number of carbonyl (C=O) groups is 1. The molecular formula is C16H29NO2. The zero-order chi connectivity index (χ0) is 14.3. The summed E-state index contributed by atoms with van der Waals surface area (Å²) < 4.78 is 6.23. The van der Waals surface area contributed by atoms with Crippen LogP contribution < -0.4 is 0 Å². The topological polar surface area (TPSA) is 29.5 Å². The van der Waals surface area contributed by atoms with E-state index in [4.69, 9.17) is 4.74 Å². The SMILES string of the molecule is CC(=O)CC1CCCCN1C1CC(C)(C)OC1(C)C. The van der Waals surface area contributed by atoms with Crippen molar-refractivity contribution in [2.75, 3.05) is 6.54 Å². The Hall–Kier alpha value is -0.410. The number of piperidine rings is 1. The van der Waals surface area contributed by atoms with E-state index in [0.717, 1.165) is 19.4 Å². The average molecular weight is 267 g/mol. The number of ketones is 1. The van der Waals surface area contributed by atoms with E-state index in [-0.39, 0.29) is 11.2 Å².